The summed E-state index contributed by atoms with van der Waals surface area (Å²) in [6.45, 7) is 0.322. The van der Waals surface area contributed by atoms with E-state index in [1.165, 1.54) is 17.0 Å². The van der Waals surface area contributed by atoms with Crippen LogP contribution in [0.1, 0.15) is 16.7 Å². The minimum absolute atomic E-state index is 0.278. The lowest BCUT2D eigenvalue weighted by Gasteiger charge is -2.18. The van der Waals surface area contributed by atoms with E-state index in [1.807, 2.05) is 48.5 Å². The molecule has 1 N–H and O–H groups in total. The molecule has 2 heterocycles. The molecule has 0 saturated carbocycles. The number of H-pyrrole nitrogens is 1. The molecule has 5 nitrogen and oxygen atoms in total. The van der Waals surface area contributed by atoms with Crippen LogP contribution in [-0.4, -0.2) is 16.4 Å². The number of aromatic nitrogens is 2. The lowest BCUT2D eigenvalue weighted by Crippen LogP contribution is -2.15. The molecule has 0 aliphatic heterocycles. The van der Waals surface area contributed by atoms with E-state index in [2.05, 4.69) is 25.9 Å². The normalized spacial score (nSPS) is 10.9. The summed E-state index contributed by atoms with van der Waals surface area (Å²) in [4.78, 5) is 21.3. The quantitative estimate of drug-likeness (QED) is 0.222. The highest BCUT2D eigenvalue weighted by molar-refractivity contribution is 9.10. The van der Waals surface area contributed by atoms with E-state index >= 15 is 0 Å². The summed E-state index contributed by atoms with van der Waals surface area (Å²) >= 11 is 3.69. The van der Waals surface area contributed by atoms with Crippen LogP contribution in [-0.2, 0) is 17.8 Å². The SMILES string of the molecule is O=CN(c1cccnc1)c1[nH]c2ccc(Br)c(Cc3ccc(F)cc3)c2c1OCc1ccccc1. The van der Waals surface area contributed by atoms with Gasteiger partial charge in [-0.1, -0.05) is 58.4 Å². The summed E-state index contributed by atoms with van der Waals surface area (Å²) in [5, 5.41) is 0.852. The number of ether oxygens (including phenoxy) is 1. The summed E-state index contributed by atoms with van der Waals surface area (Å²) in [6.07, 6.45) is 4.57. The summed E-state index contributed by atoms with van der Waals surface area (Å²) in [5.41, 5.74) is 4.35. The zero-order valence-electron chi connectivity index (χ0n) is 18.6. The minimum atomic E-state index is -0.278. The van der Waals surface area contributed by atoms with E-state index in [0.717, 1.165) is 38.5 Å². The second kappa shape index (κ2) is 10.1. The molecular weight excluding hydrogens is 509 g/mol. The summed E-state index contributed by atoms with van der Waals surface area (Å²) in [7, 11) is 0. The predicted molar refractivity (Wildman–Crippen MR) is 138 cm³/mol. The van der Waals surface area contributed by atoms with Gasteiger partial charge >= 0.3 is 0 Å². The Morgan fingerprint density at radius 3 is 2.49 bits per heavy atom. The van der Waals surface area contributed by atoms with Crippen molar-refractivity contribution in [2.24, 2.45) is 0 Å². The third-order valence-corrected chi connectivity index (χ3v) is 6.48. The zero-order chi connectivity index (χ0) is 24.2. The molecule has 0 radical (unpaired) electrons. The Morgan fingerprint density at radius 2 is 1.77 bits per heavy atom. The average molecular weight is 530 g/mol. The van der Waals surface area contributed by atoms with Crippen LogP contribution < -0.4 is 9.64 Å². The van der Waals surface area contributed by atoms with Crippen LogP contribution >= 0.6 is 15.9 Å². The second-order valence-electron chi connectivity index (χ2n) is 8.02. The number of halogens is 2. The maximum atomic E-state index is 13.5. The minimum Gasteiger partial charge on any atom is -0.484 e. The zero-order valence-corrected chi connectivity index (χ0v) is 20.2. The monoisotopic (exact) mass is 529 g/mol. The first-order valence-corrected chi connectivity index (χ1v) is 11.8. The van der Waals surface area contributed by atoms with Crippen molar-refractivity contribution in [2.45, 2.75) is 13.0 Å². The van der Waals surface area contributed by atoms with Crippen LogP contribution in [0.5, 0.6) is 5.75 Å². The van der Waals surface area contributed by atoms with E-state index < -0.39 is 0 Å². The largest absolute Gasteiger partial charge is 0.484 e. The maximum Gasteiger partial charge on any atom is 0.220 e. The van der Waals surface area contributed by atoms with Gasteiger partial charge in [-0.05, 0) is 59.5 Å². The molecule has 35 heavy (non-hydrogen) atoms. The number of carbonyl (C=O) groups is 1. The molecule has 5 rings (SSSR count). The molecule has 174 valence electrons. The Hall–Kier alpha value is -3.97. The Kier molecular flexibility index (Phi) is 6.59. The lowest BCUT2D eigenvalue weighted by atomic mass is 10.0. The summed E-state index contributed by atoms with van der Waals surface area (Å²) in [6, 6.07) is 23.8. The molecule has 0 fully saturated rings. The van der Waals surface area contributed by atoms with Crippen molar-refractivity contribution in [2.75, 3.05) is 4.90 Å². The van der Waals surface area contributed by atoms with Gasteiger partial charge in [-0.15, -0.1) is 0 Å². The van der Waals surface area contributed by atoms with E-state index in [9.17, 15) is 9.18 Å². The van der Waals surface area contributed by atoms with Crippen LogP contribution in [0.15, 0.2) is 95.7 Å². The first-order chi connectivity index (χ1) is 17.1. The summed E-state index contributed by atoms with van der Waals surface area (Å²) < 4.78 is 20.8. The van der Waals surface area contributed by atoms with Crippen molar-refractivity contribution in [3.63, 3.8) is 0 Å². The van der Waals surface area contributed by atoms with Crippen LogP contribution in [0.4, 0.5) is 15.9 Å². The van der Waals surface area contributed by atoms with Gasteiger partial charge in [0.15, 0.2) is 11.6 Å². The number of hydrogen-bond donors (Lipinski definition) is 1. The van der Waals surface area contributed by atoms with Crippen molar-refractivity contribution < 1.29 is 13.9 Å². The van der Waals surface area contributed by atoms with Gasteiger partial charge in [0.05, 0.1) is 17.4 Å². The molecule has 2 aromatic heterocycles. The van der Waals surface area contributed by atoms with Crippen LogP contribution in [0.2, 0.25) is 0 Å². The number of hydrogen-bond acceptors (Lipinski definition) is 3. The summed E-state index contributed by atoms with van der Waals surface area (Å²) in [5.74, 6) is 0.788. The third-order valence-electron chi connectivity index (χ3n) is 5.74. The number of pyridine rings is 1. The van der Waals surface area contributed by atoms with Crippen molar-refractivity contribution in [3.8, 4) is 5.75 Å². The first-order valence-electron chi connectivity index (χ1n) is 11.0. The molecule has 0 bridgehead atoms. The number of anilines is 2. The molecule has 5 aromatic rings. The molecule has 3 aromatic carbocycles. The number of nitrogens with zero attached hydrogens (tertiary/aromatic N) is 2. The molecule has 0 atom stereocenters. The van der Waals surface area contributed by atoms with Crippen molar-refractivity contribution in [3.05, 3.63) is 118 Å². The van der Waals surface area contributed by atoms with Gasteiger partial charge in [-0.2, -0.15) is 0 Å². The fraction of sp³-hybridized carbons (Fsp3) is 0.0714. The van der Waals surface area contributed by atoms with Gasteiger partial charge in [0, 0.05) is 16.1 Å². The predicted octanol–water partition coefficient (Wildman–Crippen LogP) is 6.93. The standard InChI is InChI=1S/C28H21BrFN3O2/c29-24-12-13-25-26(23(24)15-19-8-10-21(30)11-9-19)27(35-17-20-5-2-1-3-6-20)28(32-25)33(18-34)22-7-4-14-31-16-22/h1-14,16,18,32H,15,17H2. The van der Waals surface area contributed by atoms with Crippen LogP contribution in [0, 0.1) is 5.82 Å². The Morgan fingerprint density at radius 1 is 0.971 bits per heavy atom. The fourth-order valence-electron chi connectivity index (χ4n) is 4.05. The van der Waals surface area contributed by atoms with Gasteiger partial charge in [0.25, 0.3) is 0 Å². The van der Waals surface area contributed by atoms with E-state index in [4.69, 9.17) is 4.74 Å². The van der Waals surface area contributed by atoms with E-state index in [1.54, 1.807) is 30.6 Å². The molecule has 0 aliphatic carbocycles. The van der Waals surface area contributed by atoms with Crippen molar-refractivity contribution >= 4 is 44.7 Å². The Labute approximate surface area is 210 Å². The Bertz CT molecular complexity index is 1460. The molecule has 0 saturated heterocycles. The number of rotatable bonds is 8. The number of benzene rings is 3. The number of amides is 1. The Balaban J connectivity index is 1.67. The second-order valence-corrected chi connectivity index (χ2v) is 8.87. The third kappa shape index (κ3) is 4.81. The lowest BCUT2D eigenvalue weighted by molar-refractivity contribution is -0.106. The van der Waals surface area contributed by atoms with Crippen LogP contribution in [0.25, 0.3) is 10.9 Å². The smallest absolute Gasteiger partial charge is 0.220 e. The first kappa shape index (κ1) is 22.8. The van der Waals surface area contributed by atoms with Gasteiger partial charge in [-0.25, -0.2) is 4.39 Å². The van der Waals surface area contributed by atoms with Gasteiger partial charge in [0.1, 0.15) is 12.4 Å². The maximum absolute atomic E-state index is 13.5. The number of carbonyl (C=O) groups excluding carboxylic acids is 1. The van der Waals surface area contributed by atoms with E-state index in [0.29, 0.717) is 30.3 Å². The average Bonchev–Trinajstić information content (AvgIpc) is 3.26. The highest BCUT2D eigenvalue weighted by Crippen LogP contribution is 2.43. The van der Waals surface area contributed by atoms with Gasteiger partial charge in [0.2, 0.25) is 6.41 Å². The molecule has 7 heteroatoms. The highest BCUT2D eigenvalue weighted by Gasteiger charge is 2.23. The van der Waals surface area contributed by atoms with Crippen molar-refractivity contribution in [1.82, 2.24) is 9.97 Å². The van der Waals surface area contributed by atoms with Gasteiger partial charge in [-0.3, -0.25) is 14.7 Å². The molecule has 0 spiro atoms. The van der Waals surface area contributed by atoms with Crippen molar-refractivity contribution in [1.29, 1.82) is 0 Å². The molecule has 0 unspecified atom stereocenters. The van der Waals surface area contributed by atoms with Gasteiger partial charge < -0.3 is 9.72 Å². The topological polar surface area (TPSA) is 58.2 Å². The van der Waals surface area contributed by atoms with E-state index in [-0.39, 0.29) is 5.82 Å². The number of fused-ring (bicyclic) bond motifs is 1. The number of nitrogens with one attached hydrogen (secondary N) is 1. The van der Waals surface area contributed by atoms with Crippen LogP contribution in [0.3, 0.4) is 0 Å². The molecule has 0 aliphatic rings. The number of aromatic amines is 1. The fourth-order valence-corrected chi connectivity index (χ4v) is 4.52. The highest BCUT2D eigenvalue weighted by atomic mass is 79.9. The molecule has 1 amide bonds. The molecular formula is C28H21BrFN3O2.